The third-order valence-electron chi connectivity index (χ3n) is 1.97. The van der Waals surface area contributed by atoms with Gasteiger partial charge in [0.2, 0.25) is 0 Å². The van der Waals surface area contributed by atoms with E-state index >= 15 is 0 Å². The Labute approximate surface area is 113 Å². The summed E-state index contributed by atoms with van der Waals surface area (Å²) in [5, 5.41) is 0.402. The van der Waals surface area contributed by atoms with E-state index in [9.17, 15) is 0 Å². The van der Waals surface area contributed by atoms with Gasteiger partial charge in [-0.1, -0.05) is 46.4 Å². The van der Waals surface area contributed by atoms with Crippen molar-refractivity contribution in [1.82, 2.24) is 0 Å². The van der Waals surface area contributed by atoms with Crippen LogP contribution in [0.25, 0.3) is 0 Å². The quantitative estimate of drug-likeness (QED) is 0.580. The largest absolute Gasteiger partial charge is 0.353 e. The monoisotopic (exact) mass is 310 g/mol. The fraction of sp³-hybridized carbons (Fsp3) is 0.500. The van der Waals surface area contributed by atoms with Gasteiger partial charge in [0.15, 0.2) is 11.2 Å². The van der Waals surface area contributed by atoms with Crippen LogP contribution in [0.15, 0.2) is 20.1 Å². The Kier molecular flexibility index (Phi) is 4.64. The molecular formula is C8H7Cl5O2. The SMILES string of the molecule is COC(OC)C1(Cl)C(Cl)=C(Cl)C(Cl)=C1Cl. The summed E-state index contributed by atoms with van der Waals surface area (Å²) in [6, 6.07) is 0. The lowest BCUT2D eigenvalue weighted by Crippen LogP contribution is -2.39. The minimum Gasteiger partial charge on any atom is -0.353 e. The zero-order valence-corrected chi connectivity index (χ0v) is 11.6. The standard InChI is InChI=1S/C8H7Cl5O2/c1-14-7(15-2)8(13)5(11)3(9)4(10)6(8)12/h7H,1-2H3. The molecule has 1 aliphatic rings. The van der Waals surface area contributed by atoms with Crippen LogP contribution in [0.4, 0.5) is 0 Å². The number of methoxy groups -OCH3 is 2. The molecule has 0 aliphatic heterocycles. The number of halogens is 5. The summed E-state index contributed by atoms with van der Waals surface area (Å²) in [6.07, 6.45) is -0.871. The Morgan fingerprint density at radius 1 is 0.933 bits per heavy atom. The summed E-state index contributed by atoms with van der Waals surface area (Å²) in [6.45, 7) is 0. The molecule has 0 aromatic rings. The van der Waals surface area contributed by atoms with Crippen LogP contribution >= 0.6 is 58.0 Å². The van der Waals surface area contributed by atoms with Crippen molar-refractivity contribution < 1.29 is 9.47 Å². The first-order valence-electron chi connectivity index (χ1n) is 3.77. The molecule has 0 bridgehead atoms. The topological polar surface area (TPSA) is 18.5 Å². The highest BCUT2D eigenvalue weighted by molar-refractivity contribution is 6.58. The summed E-state index contributed by atoms with van der Waals surface area (Å²) < 4.78 is 10.0. The minimum atomic E-state index is -1.37. The summed E-state index contributed by atoms with van der Waals surface area (Å²) in [5.41, 5.74) is 0. The first-order chi connectivity index (χ1) is 6.91. The summed E-state index contributed by atoms with van der Waals surface area (Å²) >= 11 is 29.8. The van der Waals surface area contributed by atoms with Crippen molar-refractivity contribution in [3.05, 3.63) is 20.1 Å². The molecule has 1 rings (SSSR count). The van der Waals surface area contributed by atoms with Gasteiger partial charge in [-0.15, -0.1) is 11.6 Å². The predicted molar refractivity (Wildman–Crippen MR) is 63.9 cm³/mol. The highest BCUT2D eigenvalue weighted by Crippen LogP contribution is 2.53. The smallest absolute Gasteiger partial charge is 0.186 e. The van der Waals surface area contributed by atoms with Crippen molar-refractivity contribution in [2.45, 2.75) is 11.2 Å². The number of alkyl halides is 1. The number of ether oxygens (including phenoxy) is 2. The number of allylic oxidation sites excluding steroid dienone is 2. The Morgan fingerprint density at radius 2 is 1.27 bits per heavy atom. The number of rotatable bonds is 3. The maximum Gasteiger partial charge on any atom is 0.186 e. The van der Waals surface area contributed by atoms with Gasteiger partial charge >= 0.3 is 0 Å². The molecule has 0 fully saturated rings. The first kappa shape index (κ1) is 13.9. The van der Waals surface area contributed by atoms with Gasteiger partial charge < -0.3 is 9.47 Å². The minimum absolute atomic E-state index is 0.0922. The van der Waals surface area contributed by atoms with Crippen LogP contribution in [0.3, 0.4) is 0 Å². The van der Waals surface area contributed by atoms with E-state index < -0.39 is 11.2 Å². The zero-order chi connectivity index (χ0) is 11.8. The molecule has 0 radical (unpaired) electrons. The van der Waals surface area contributed by atoms with Crippen molar-refractivity contribution in [2.24, 2.45) is 0 Å². The van der Waals surface area contributed by atoms with E-state index in [-0.39, 0.29) is 20.1 Å². The molecule has 15 heavy (non-hydrogen) atoms. The molecular weight excluding hydrogens is 305 g/mol. The van der Waals surface area contributed by atoms with E-state index in [1.54, 1.807) is 0 Å². The Balaban J connectivity index is 3.26. The third-order valence-corrected chi connectivity index (χ3v) is 4.74. The Hall–Kier alpha value is 0.850. The van der Waals surface area contributed by atoms with Crippen LogP contribution in [-0.4, -0.2) is 25.4 Å². The molecule has 0 saturated heterocycles. The van der Waals surface area contributed by atoms with Crippen LogP contribution in [0.1, 0.15) is 0 Å². The maximum atomic E-state index is 6.23. The Morgan fingerprint density at radius 3 is 1.53 bits per heavy atom. The zero-order valence-electron chi connectivity index (χ0n) is 7.78. The summed E-state index contributed by atoms with van der Waals surface area (Å²) in [5.74, 6) is 0. The normalized spacial score (nSPS) is 20.8. The van der Waals surface area contributed by atoms with E-state index in [4.69, 9.17) is 67.5 Å². The van der Waals surface area contributed by atoms with Crippen LogP contribution < -0.4 is 0 Å². The molecule has 0 spiro atoms. The van der Waals surface area contributed by atoms with Crippen molar-refractivity contribution in [3.63, 3.8) is 0 Å². The van der Waals surface area contributed by atoms with E-state index in [1.807, 2.05) is 0 Å². The highest BCUT2D eigenvalue weighted by Gasteiger charge is 2.51. The number of hydrogen-bond acceptors (Lipinski definition) is 2. The van der Waals surface area contributed by atoms with E-state index in [1.165, 1.54) is 14.2 Å². The molecule has 0 amide bonds. The molecule has 1 aliphatic carbocycles. The molecule has 0 saturated carbocycles. The second-order valence-corrected chi connectivity index (χ2v) is 4.88. The van der Waals surface area contributed by atoms with Crippen LogP contribution in [-0.2, 0) is 9.47 Å². The van der Waals surface area contributed by atoms with E-state index in [2.05, 4.69) is 0 Å². The number of hydrogen-bond donors (Lipinski definition) is 0. The average molecular weight is 312 g/mol. The lowest BCUT2D eigenvalue weighted by molar-refractivity contribution is -0.110. The Bertz CT molecular complexity index is 308. The van der Waals surface area contributed by atoms with Crippen LogP contribution in [0.2, 0.25) is 0 Å². The molecule has 0 aromatic heterocycles. The second kappa shape index (κ2) is 5.01. The van der Waals surface area contributed by atoms with Crippen molar-refractivity contribution in [1.29, 1.82) is 0 Å². The fourth-order valence-electron chi connectivity index (χ4n) is 1.24. The van der Waals surface area contributed by atoms with Gasteiger partial charge in [-0.3, -0.25) is 0 Å². The highest BCUT2D eigenvalue weighted by atomic mass is 35.5. The molecule has 0 atom stereocenters. The van der Waals surface area contributed by atoms with Crippen LogP contribution in [0.5, 0.6) is 0 Å². The molecule has 0 unspecified atom stereocenters. The fourth-order valence-corrected chi connectivity index (χ4v) is 2.89. The first-order valence-corrected chi connectivity index (χ1v) is 5.66. The molecule has 0 aromatic carbocycles. The molecule has 0 N–H and O–H groups in total. The average Bonchev–Trinajstić information content (AvgIpc) is 2.37. The summed E-state index contributed by atoms with van der Waals surface area (Å²) in [7, 11) is 2.82. The predicted octanol–water partition coefficient (Wildman–Crippen LogP) is 3.97. The van der Waals surface area contributed by atoms with Gasteiger partial charge in [0.25, 0.3) is 0 Å². The third kappa shape index (κ3) is 2.02. The van der Waals surface area contributed by atoms with Crippen molar-refractivity contribution in [3.8, 4) is 0 Å². The maximum absolute atomic E-state index is 6.23. The lowest BCUT2D eigenvalue weighted by Gasteiger charge is -2.29. The second-order valence-electron chi connectivity index (χ2n) is 2.77. The van der Waals surface area contributed by atoms with Gasteiger partial charge in [0.05, 0.1) is 20.1 Å². The van der Waals surface area contributed by atoms with Gasteiger partial charge in [0.1, 0.15) is 0 Å². The molecule has 2 nitrogen and oxygen atoms in total. The van der Waals surface area contributed by atoms with Gasteiger partial charge in [0, 0.05) is 14.2 Å². The molecule has 86 valence electrons. The van der Waals surface area contributed by atoms with Gasteiger partial charge in [-0.05, 0) is 0 Å². The van der Waals surface area contributed by atoms with Crippen LogP contribution in [0, 0.1) is 0 Å². The van der Waals surface area contributed by atoms with Gasteiger partial charge in [-0.2, -0.15) is 0 Å². The van der Waals surface area contributed by atoms with Crippen molar-refractivity contribution in [2.75, 3.05) is 14.2 Å². The molecule has 0 heterocycles. The van der Waals surface area contributed by atoms with Crippen molar-refractivity contribution >= 4 is 58.0 Å². The van der Waals surface area contributed by atoms with E-state index in [0.717, 1.165) is 0 Å². The lowest BCUT2D eigenvalue weighted by atomic mass is 10.1. The summed E-state index contributed by atoms with van der Waals surface area (Å²) in [4.78, 5) is -1.37. The molecule has 7 heteroatoms. The van der Waals surface area contributed by atoms with E-state index in [0.29, 0.717) is 0 Å². The van der Waals surface area contributed by atoms with Gasteiger partial charge in [-0.25, -0.2) is 0 Å².